The van der Waals surface area contributed by atoms with Crippen LogP contribution in [-0.2, 0) is 0 Å². The third-order valence-corrected chi connectivity index (χ3v) is 5.79. The predicted octanol–water partition coefficient (Wildman–Crippen LogP) is 5.95. The maximum absolute atomic E-state index is 9.80. The summed E-state index contributed by atoms with van der Waals surface area (Å²) < 4.78 is 2.01. The highest BCUT2D eigenvalue weighted by Crippen LogP contribution is 2.36. The van der Waals surface area contributed by atoms with Crippen molar-refractivity contribution in [2.75, 3.05) is 0 Å². The first-order valence-corrected chi connectivity index (χ1v) is 10.0. The Hall–Kier alpha value is -1.47. The molecule has 1 aliphatic rings. The highest BCUT2D eigenvalue weighted by molar-refractivity contribution is 9.10. The van der Waals surface area contributed by atoms with Gasteiger partial charge < -0.3 is 10.4 Å². The Morgan fingerprint density at radius 1 is 1.04 bits per heavy atom. The van der Waals surface area contributed by atoms with E-state index in [0.717, 1.165) is 44.9 Å². The molecule has 0 bridgehead atoms. The number of hydrogen-bond acceptors (Lipinski definition) is 4. The molecule has 4 nitrogen and oxygen atoms in total. The van der Waals surface area contributed by atoms with Crippen LogP contribution in [0.15, 0.2) is 68.2 Å². The van der Waals surface area contributed by atoms with Crippen molar-refractivity contribution in [2.45, 2.75) is 25.3 Å². The van der Waals surface area contributed by atoms with Gasteiger partial charge in [0, 0.05) is 14.9 Å². The molecule has 26 heavy (non-hydrogen) atoms. The summed E-state index contributed by atoms with van der Waals surface area (Å²) in [5.74, 6) is -0.110. The van der Waals surface area contributed by atoms with E-state index in [1.54, 1.807) is 0 Å². The molecule has 1 aliphatic carbocycles. The Bertz CT molecular complexity index is 802. The second-order valence-electron chi connectivity index (χ2n) is 6.36. The minimum atomic E-state index is -0.331. The van der Waals surface area contributed by atoms with Gasteiger partial charge in [0.25, 0.3) is 0 Å². The first-order chi connectivity index (χ1) is 12.6. The van der Waals surface area contributed by atoms with Gasteiger partial charge in [-0.1, -0.05) is 61.3 Å². The molecule has 0 saturated heterocycles. The van der Waals surface area contributed by atoms with Crippen molar-refractivity contribution in [1.29, 1.82) is 0 Å². The maximum Gasteiger partial charge on any atom is 0.0878 e. The second kappa shape index (κ2) is 8.95. The monoisotopic (exact) mass is 478 g/mol. The molecule has 3 N–H and O–H groups in total. The molecule has 2 aromatic rings. The normalized spacial score (nSPS) is 21.9. The number of nitrogens with one attached hydrogen (secondary N) is 1. The van der Waals surface area contributed by atoms with E-state index in [2.05, 4.69) is 48.6 Å². The zero-order valence-corrected chi connectivity index (χ0v) is 17.2. The van der Waals surface area contributed by atoms with Crippen LogP contribution in [0.5, 0.6) is 0 Å². The van der Waals surface area contributed by atoms with Gasteiger partial charge in [0.2, 0.25) is 0 Å². The second-order valence-corrected chi connectivity index (χ2v) is 8.19. The summed E-state index contributed by atoms with van der Waals surface area (Å²) in [6, 6.07) is 15.5. The van der Waals surface area contributed by atoms with Crippen LogP contribution in [0.1, 0.15) is 36.4 Å². The number of allylic oxidation sites excluding steroid dienone is 1. The number of oxime groups is 1. The van der Waals surface area contributed by atoms with Gasteiger partial charge in [-0.2, -0.15) is 5.48 Å². The molecule has 0 radical (unpaired) electrons. The van der Waals surface area contributed by atoms with E-state index in [-0.39, 0.29) is 12.0 Å². The minimum absolute atomic E-state index is 0.110. The summed E-state index contributed by atoms with van der Waals surface area (Å²) in [6.07, 6.45) is 4.72. The Morgan fingerprint density at radius 3 is 2.23 bits per heavy atom. The molecule has 1 fully saturated rings. The molecule has 2 unspecified atom stereocenters. The number of nitrogens with zero attached hydrogens (tertiary/aromatic N) is 1. The van der Waals surface area contributed by atoms with Gasteiger partial charge in [0.1, 0.15) is 0 Å². The average Bonchev–Trinajstić information content (AvgIpc) is 2.66. The van der Waals surface area contributed by atoms with Gasteiger partial charge >= 0.3 is 0 Å². The third-order valence-electron chi connectivity index (χ3n) is 4.73. The van der Waals surface area contributed by atoms with Crippen molar-refractivity contribution in [3.63, 3.8) is 0 Å². The number of hydrogen-bond donors (Lipinski definition) is 3. The van der Waals surface area contributed by atoms with E-state index in [0.29, 0.717) is 5.71 Å². The molecule has 2 atom stereocenters. The Kier molecular flexibility index (Phi) is 6.64. The maximum atomic E-state index is 9.80. The van der Waals surface area contributed by atoms with Crippen molar-refractivity contribution in [1.82, 2.24) is 5.48 Å². The molecule has 0 aliphatic heterocycles. The van der Waals surface area contributed by atoms with Gasteiger partial charge in [-0.15, -0.1) is 0 Å². The van der Waals surface area contributed by atoms with Gasteiger partial charge in [-0.05, 0) is 66.3 Å². The lowest BCUT2D eigenvalue weighted by molar-refractivity contribution is 0.106. The molecule has 136 valence electrons. The summed E-state index contributed by atoms with van der Waals surface area (Å²) >= 11 is 6.87. The van der Waals surface area contributed by atoms with Gasteiger partial charge in [0.05, 0.1) is 11.8 Å². The van der Waals surface area contributed by atoms with Crippen LogP contribution < -0.4 is 5.48 Å². The van der Waals surface area contributed by atoms with Crippen molar-refractivity contribution < 1.29 is 10.4 Å². The standard InChI is InChI=1S/C20H20Br2N2O2/c21-16-8-4-13(5-9-16)12-15-2-1-3-18(20(15)24-26)19(23-25)14-6-10-17(22)11-7-14/h4-12,18-19,23,25-26H,1-3H2/b15-12+,24-20+. The van der Waals surface area contributed by atoms with Crippen LogP contribution in [0.3, 0.4) is 0 Å². The quantitative estimate of drug-likeness (QED) is 0.375. The van der Waals surface area contributed by atoms with E-state index in [1.807, 2.05) is 48.5 Å². The average molecular weight is 480 g/mol. The summed E-state index contributed by atoms with van der Waals surface area (Å²) in [7, 11) is 0. The molecule has 3 rings (SSSR count). The summed E-state index contributed by atoms with van der Waals surface area (Å²) in [5.41, 5.74) is 6.07. The van der Waals surface area contributed by atoms with Crippen molar-refractivity contribution in [3.05, 3.63) is 74.2 Å². The first-order valence-electron chi connectivity index (χ1n) is 8.46. The van der Waals surface area contributed by atoms with Crippen LogP contribution in [0, 0.1) is 5.92 Å². The molecular formula is C20H20Br2N2O2. The summed E-state index contributed by atoms with van der Waals surface area (Å²) in [5, 5.41) is 23.1. The van der Waals surface area contributed by atoms with Crippen molar-refractivity contribution in [2.24, 2.45) is 11.1 Å². The van der Waals surface area contributed by atoms with Crippen LogP contribution in [0.4, 0.5) is 0 Å². The fraction of sp³-hybridized carbons (Fsp3) is 0.250. The Morgan fingerprint density at radius 2 is 1.65 bits per heavy atom. The van der Waals surface area contributed by atoms with E-state index in [9.17, 15) is 10.4 Å². The number of halogens is 2. The van der Waals surface area contributed by atoms with E-state index < -0.39 is 0 Å². The minimum Gasteiger partial charge on any atom is -0.411 e. The number of rotatable bonds is 4. The molecule has 2 aromatic carbocycles. The van der Waals surface area contributed by atoms with E-state index in [1.165, 1.54) is 0 Å². The fourth-order valence-corrected chi connectivity index (χ4v) is 3.98. The molecule has 6 heteroatoms. The first kappa shape index (κ1) is 19.3. The van der Waals surface area contributed by atoms with Crippen molar-refractivity contribution in [3.8, 4) is 0 Å². The largest absolute Gasteiger partial charge is 0.411 e. The summed E-state index contributed by atoms with van der Waals surface area (Å²) in [6.45, 7) is 0. The molecule has 0 amide bonds. The lowest BCUT2D eigenvalue weighted by Crippen LogP contribution is -2.34. The predicted molar refractivity (Wildman–Crippen MR) is 110 cm³/mol. The Balaban J connectivity index is 1.91. The zero-order valence-electron chi connectivity index (χ0n) is 14.1. The lowest BCUT2D eigenvalue weighted by Gasteiger charge is -2.31. The molecular weight excluding hydrogens is 460 g/mol. The van der Waals surface area contributed by atoms with Crippen LogP contribution in [0.25, 0.3) is 6.08 Å². The van der Waals surface area contributed by atoms with Crippen LogP contribution in [0.2, 0.25) is 0 Å². The van der Waals surface area contributed by atoms with Gasteiger partial charge in [-0.3, -0.25) is 0 Å². The van der Waals surface area contributed by atoms with Crippen molar-refractivity contribution >= 4 is 43.6 Å². The topological polar surface area (TPSA) is 64.9 Å². The Labute approximate surface area is 169 Å². The number of hydroxylamine groups is 1. The SMILES string of the molecule is O/N=C1\C(=C\c2ccc(Br)cc2)CCCC1C(NO)c1ccc(Br)cc1. The van der Waals surface area contributed by atoms with E-state index >= 15 is 0 Å². The highest BCUT2D eigenvalue weighted by Gasteiger charge is 2.32. The molecule has 1 saturated carbocycles. The highest BCUT2D eigenvalue weighted by atomic mass is 79.9. The summed E-state index contributed by atoms with van der Waals surface area (Å²) in [4.78, 5) is 0. The molecule has 0 spiro atoms. The van der Waals surface area contributed by atoms with Crippen LogP contribution >= 0.6 is 31.9 Å². The van der Waals surface area contributed by atoms with E-state index in [4.69, 9.17) is 0 Å². The fourth-order valence-electron chi connectivity index (χ4n) is 3.45. The smallest absolute Gasteiger partial charge is 0.0878 e. The molecule has 0 heterocycles. The van der Waals surface area contributed by atoms with Gasteiger partial charge in [0.15, 0.2) is 0 Å². The zero-order chi connectivity index (χ0) is 18.5. The van der Waals surface area contributed by atoms with Gasteiger partial charge in [-0.25, -0.2) is 0 Å². The van der Waals surface area contributed by atoms with Crippen LogP contribution in [-0.4, -0.2) is 16.1 Å². The number of benzene rings is 2. The third kappa shape index (κ3) is 4.43. The lowest BCUT2D eigenvalue weighted by atomic mass is 9.77. The molecule has 0 aromatic heterocycles.